The Hall–Kier alpha value is -3.48. The summed E-state index contributed by atoms with van der Waals surface area (Å²) in [5.41, 5.74) is 2.68. The molecule has 2 aliphatic rings. The number of fused-ring (bicyclic) bond motifs is 1. The van der Waals surface area contributed by atoms with Crippen molar-refractivity contribution in [2.45, 2.75) is 25.3 Å². The first-order chi connectivity index (χ1) is 14.2. The molecule has 0 saturated heterocycles. The van der Waals surface area contributed by atoms with Gasteiger partial charge in [0.05, 0.1) is 12.7 Å². The summed E-state index contributed by atoms with van der Waals surface area (Å²) in [6.45, 7) is 0. The Kier molecular flexibility index (Phi) is 4.16. The van der Waals surface area contributed by atoms with Crippen LogP contribution in [0.25, 0.3) is 11.4 Å². The highest BCUT2D eigenvalue weighted by molar-refractivity contribution is 5.99. The van der Waals surface area contributed by atoms with E-state index in [0.29, 0.717) is 29.3 Å². The summed E-state index contributed by atoms with van der Waals surface area (Å²) in [6, 6.07) is 13.5. The van der Waals surface area contributed by atoms with Crippen molar-refractivity contribution in [3.05, 3.63) is 71.2 Å². The number of nitrogens with zero attached hydrogens (tertiary/aromatic N) is 3. The topological polar surface area (TPSA) is 69.0 Å². The predicted molar refractivity (Wildman–Crippen MR) is 106 cm³/mol. The predicted octanol–water partition coefficient (Wildman–Crippen LogP) is 4.11. The van der Waals surface area contributed by atoms with Crippen LogP contribution in [0, 0.1) is 5.82 Å². The van der Waals surface area contributed by atoms with E-state index in [1.807, 2.05) is 24.3 Å². The van der Waals surface area contributed by atoms with Crippen molar-refractivity contribution in [1.29, 1.82) is 0 Å². The third-order valence-electron chi connectivity index (χ3n) is 5.42. The lowest BCUT2D eigenvalue weighted by atomic mass is 9.85. The fourth-order valence-corrected chi connectivity index (χ4v) is 4.09. The summed E-state index contributed by atoms with van der Waals surface area (Å²) in [5.74, 6) is 1.13. The second-order valence-electron chi connectivity index (χ2n) is 7.12. The zero-order valence-electron chi connectivity index (χ0n) is 15.9. The van der Waals surface area contributed by atoms with Gasteiger partial charge in [-0.1, -0.05) is 30.3 Å². The number of methoxy groups -OCH3 is 1. The number of nitrogens with one attached hydrogen (secondary N) is 1. The minimum Gasteiger partial charge on any atom is -0.496 e. The Morgan fingerprint density at radius 3 is 2.76 bits per heavy atom. The lowest BCUT2D eigenvalue weighted by Gasteiger charge is -2.32. The van der Waals surface area contributed by atoms with Crippen LogP contribution in [0.1, 0.15) is 30.9 Å². The number of anilines is 1. The van der Waals surface area contributed by atoms with Gasteiger partial charge in [0.2, 0.25) is 5.95 Å². The third-order valence-corrected chi connectivity index (χ3v) is 5.42. The van der Waals surface area contributed by atoms with Crippen LogP contribution in [0.15, 0.2) is 59.8 Å². The Bertz CT molecular complexity index is 1150. The number of halogens is 1. The highest BCUT2D eigenvalue weighted by atomic mass is 19.1. The van der Waals surface area contributed by atoms with Gasteiger partial charge in [0.25, 0.3) is 0 Å². The first kappa shape index (κ1) is 17.6. The second kappa shape index (κ2) is 6.84. The molecule has 7 heteroatoms. The fourth-order valence-electron chi connectivity index (χ4n) is 4.09. The average molecular weight is 390 g/mol. The number of benzene rings is 2. The van der Waals surface area contributed by atoms with E-state index in [1.165, 1.54) is 6.07 Å². The minimum absolute atomic E-state index is 0.0863. The molecule has 0 fully saturated rings. The Balaban J connectivity index is 1.72. The van der Waals surface area contributed by atoms with Gasteiger partial charge in [-0.25, -0.2) is 9.07 Å². The van der Waals surface area contributed by atoms with E-state index in [4.69, 9.17) is 4.74 Å². The van der Waals surface area contributed by atoms with Gasteiger partial charge in [-0.05, 0) is 31.0 Å². The van der Waals surface area contributed by atoms with Gasteiger partial charge in [0, 0.05) is 23.3 Å². The lowest BCUT2D eigenvalue weighted by molar-refractivity contribution is -0.116. The molecule has 2 aromatic carbocycles. The van der Waals surface area contributed by atoms with Crippen LogP contribution in [0.4, 0.5) is 10.3 Å². The number of ketones is 1. The summed E-state index contributed by atoms with van der Waals surface area (Å²) in [6.07, 6.45) is 2.04. The third kappa shape index (κ3) is 2.81. The number of carbonyl (C=O) groups is 1. The zero-order chi connectivity index (χ0) is 20.0. The number of rotatable bonds is 3. The molecule has 0 spiro atoms. The van der Waals surface area contributed by atoms with Gasteiger partial charge in [-0.15, -0.1) is 5.10 Å². The number of Topliss-reactive ketones (excluding diaryl/α,β-unsaturated/α-hetero) is 1. The van der Waals surface area contributed by atoms with Crippen LogP contribution in [0.5, 0.6) is 5.75 Å². The van der Waals surface area contributed by atoms with Crippen molar-refractivity contribution >= 4 is 11.7 Å². The standard InChI is InChI=1S/C22H19FN4O2/c1-29-18-12-5-3-8-14(18)20-19-16(10-6-11-17(19)28)24-22-25-21(26-27(20)22)13-7-2-4-9-15(13)23/h2-5,7-9,12,20H,6,10-11H2,1H3,(H,24,25,26). The van der Waals surface area contributed by atoms with Crippen molar-refractivity contribution in [2.75, 3.05) is 12.4 Å². The normalized spacial score (nSPS) is 18.1. The summed E-state index contributed by atoms with van der Waals surface area (Å²) in [4.78, 5) is 17.4. The highest BCUT2D eigenvalue weighted by Crippen LogP contribution is 2.43. The average Bonchev–Trinajstić information content (AvgIpc) is 3.16. The first-order valence-corrected chi connectivity index (χ1v) is 9.55. The van der Waals surface area contributed by atoms with E-state index >= 15 is 0 Å². The smallest absolute Gasteiger partial charge is 0.226 e. The molecule has 1 aromatic heterocycles. The van der Waals surface area contributed by atoms with E-state index in [9.17, 15) is 9.18 Å². The minimum atomic E-state index is -0.474. The number of carbonyl (C=O) groups excluding carboxylic acids is 1. The van der Waals surface area contributed by atoms with Gasteiger partial charge in [-0.2, -0.15) is 4.98 Å². The van der Waals surface area contributed by atoms with E-state index in [2.05, 4.69) is 15.4 Å². The van der Waals surface area contributed by atoms with Gasteiger partial charge in [0.1, 0.15) is 17.6 Å². The molecule has 0 amide bonds. The number of para-hydroxylation sites is 1. The molecule has 5 rings (SSSR count). The maximum Gasteiger partial charge on any atom is 0.226 e. The molecule has 0 radical (unpaired) electrons. The van der Waals surface area contributed by atoms with Crippen LogP contribution in [-0.4, -0.2) is 27.7 Å². The molecule has 29 heavy (non-hydrogen) atoms. The quantitative estimate of drug-likeness (QED) is 0.729. The molecular weight excluding hydrogens is 371 g/mol. The summed E-state index contributed by atoms with van der Waals surface area (Å²) in [7, 11) is 1.60. The molecule has 2 heterocycles. The summed E-state index contributed by atoms with van der Waals surface area (Å²) in [5, 5.41) is 7.86. The van der Waals surface area contributed by atoms with Gasteiger partial charge >= 0.3 is 0 Å². The van der Waals surface area contributed by atoms with E-state index < -0.39 is 11.9 Å². The van der Waals surface area contributed by atoms with Crippen LogP contribution >= 0.6 is 0 Å². The Morgan fingerprint density at radius 2 is 1.93 bits per heavy atom. The molecule has 1 unspecified atom stereocenters. The number of allylic oxidation sites excluding steroid dienone is 2. The zero-order valence-corrected chi connectivity index (χ0v) is 15.9. The molecule has 3 aromatic rings. The molecule has 0 bridgehead atoms. The number of ether oxygens (including phenoxy) is 1. The van der Waals surface area contributed by atoms with E-state index in [0.717, 1.165) is 24.1 Å². The molecule has 1 aliphatic heterocycles. The number of aromatic nitrogens is 3. The van der Waals surface area contributed by atoms with E-state index in [-0.39, 0.29) is 11.6 Å². The van der Waals surface area contributed by atoms with Crippen molar-refractivity contribution in [1.82, 2.24) is 14.8 Å². The molecule has 1 aliphatic carbocycles. The maximum absolute atomic E-state index is 14.3. The maximum atomic E-state index is 14.3. The number of hydrogen-bond acceptors (Lipinski definition) is 5. The summed E-state index contributed by atoms with van der Waals surface area (Å²) >= 11 is 0. The van der Waals surface area contributed by atoms with Crippen molar-refractivity contribution in [2.24, 2.45) is 0 Å². The fraction of sp³-hybridized carbons (Fsp3) is 0.227. The first-order valence-electron chi connectivity index (χ1n) is 9.55. The Morgan fingerprint density at radius 1 is 1.14 bits per heavy atom. The van der Waals surface area contributed by atoms with Gasteiger partial charge < -0.3 is 10.1 Å². The molecule has 146 valence electrons. The van der Waals surface area contributed by atoms with Crippen molar-refractivity contribution in [3.63, 3.8) is 0 Å². The van der Waals surface area contributed by atoms with Gasteiger partial charge in [-0.3, -0.25) is 4.79 Å². The Labute approximate surface area is 167 Å². The van der Waals surface area contributed by atoms with Crippen LogP contribution in [0.2, 0.25) is 0 Å². The molecular formula is C22H19FN4O2. The van der Waals surface area contributed by atoms with Crippen LogP contribution < -0.4 is 10.1 Å². The molecule has 6 nitrogen and oxygen atoms in total. The monoisotopic (exact) mass is 390 g/mol. The van der Waals surface area contributed by atoms with Crippen LogP contribution in [-0.2, 0) is 4.79 Å². The van der Waals surface area contributed by atoms with E-state index in [1.54, 1.807) is 30.0 Å². The lowest BCUT2D eigenvalue weighted by Crippen LogP contribution is -2.31. The van der Waals surface area contributed by atoms with Crippen molar-refractivity contribution in [3.8, 4) is 17.1 Å². The van der Waals surface area contributed by atoms with Crippen molar-refractivity contribution < 1.29 is 13.9 Å². The molecule has 1 N–H and O–H groups in total. The number of hydrogen-bond donors (Lipinski definition) is 1. The largest absolute Gasteiger partial charge is 0.496 e. The van der Waals surface area contributed by atoms with Gasteiger partial charge in [0.15, 0.2) is 11.6 Å². The van der Waals surface area contributed by atoms with Crippen LogP contribution in [0.3, 0.4) is 0 Å². The summed E-state index contributed by atoms with van der Waals surface area (Å²) < 4.78 is 21.6. The second-order valence-corrected chi connectivity index (χ2v) is 7.12. The highest BCUT2D eigenvalue weighted by Gasteiger charge is 2.38. The molecule has 0 saturated carbocycles. The molecule has 1 atom stereocenters. The SMILES string of the molecule is COc1ccccc1C1C2=C(CCCC2=O)Nc2nc(-c3ccccc3F)nn21.